The molecule has 23 heavy (non-hydrogen) atoms. The highest BCUT2D eigenvalue weighted by atomic mass is 32.2. The lowest BCUT2D eigenvalue weighted by Gasteiger charge is -2.35. The lowest BCUT2D eigenvalue weighted by atomic mass is 10.1. The third kappa shape index (κ3) is 5.03. The van der Waals surface area contributed by atoms with Gasteiger partial charge in [0.05, 0.1) is 12.6 Å². The maximum atomic E-state index is 12.4. The molecule has 0 spiro atoms. The number of piperidine rings is 1. The lowest BCUT2D eigenvalue weighted by molar-refractivity contribution is 0.114. The van der Waals surface area contributed by atoms with Crippen molar-refractivity contribution in [3.63, 3.8) is 0 Å². The minimum Gasteiger partial charge on any atom is -0.376 e. The van der Waals surface area contributed by atoms with Crippen LogP contribution in [0.15, 0.2) is 4.99 Å². The highest BCUT2D eigenvalue weighted by Crippen LogP contribution is 2.21. The molecule has 134 valence electrons. The van der Waals surface area contributed by atoms with Crippen LogP contribution in [0.2, 0.25) is 0 Å². The third-order valence-electron chi connectivity index (χ3n) is 4.34. The molecule has 2 rings (SSSR count). The summed E-state index contributed by atoms with van der Waals surface area (Å²) in [5.41, 5.74) is 5.89. The fourth-order valence-electron chi connectivity index (χ4n) is 2.95. The molecule has 0 aromatic heterocycles. The average molecular weight is 347 g/mol. The van der Waals surface area contributed by atoms with Gasteiger partial charge in [0.1, 0.15) is 0 Å². The largest absolute Gasteiger partial charge is 0.376 e. The Hall–Kier alpha value is -0.900. The first-order valence-corrected chi connectivity index (χ1v) is 9.65. The van der Waals surface area contributed by atoms with Crippen LogP contribution >= 0.6 is 0 Å². The van der Waals surface area contributed by atoms with E-state index in [2.05, 4.69) is 10.3 Å². The molecule has 2 aliphatic rings. The van der Waals surface area contributed by atoms with E-state index in [1.165, 1.54) is 4.31 Å². The van der Waals surface area contributed by atoms with Crippen molar-refractivity contribution >= 4 is 16.2 Å². The average Bonchev–Trinajstić information content (AvgIpc) is 3.04. The van der Waals surface area contributed by atoms with Crippen LogP contribution in [0.4, 0.5) is 0 Å². The molecule has 2 fully saturated rings. The zero-order chi connectivity index (χ0) is 16.9. The van der Waals surface area contributed by atoms with Gasteiger partial charge in [-0.25, -0.2) is 0 Å². The Kier molecular flexibility index (Phi) is 6.63. The minimum atomic E-state index is -3.41. The fourth-order valence-corrected chi connectivity index (χ4v) is 4.28. The summed E-state index contributed by atoms with van der Waals surface area (Å²) in [5.74, 6) is 0.355. The van der Waals surface area contributed by atoms with Crippen LogP contribution in [0.25, 0.3) is 0 Å². The molecule has 2 saturated heterocycles. The van der Waals surface area contributed by atoms with Crippen molar-refractivity contribution in [2.75, 3.05) is 40.3 Å². The summed E-state index contributed by atoms with van der Waals surface area (Å²) in [4.78, 5) is 4.34. The summed E-state index contributed by atoms with van der Waals surface area (Å²) in [6.07, 6.45) is 5.04. The Balaban J connectivity index is 1.89. The highest BCUT2D eigenvalue weighted by molar-refractivity contribution is 7.86. The van der Waals surface area contributed by atoms with Crippen molar-refractivity contribution in [1.29, 1.82) is 0 Å². The Morgan fingerprint density at radius 3 is 2.78 bits per heavy atom. The summed E-state index contributed by atoms with van der Waals surface area (Å²) in [7, 11) is -0.292. The number of aliphatic imine (C=N–C) groups is 1. The van der Waals surface area contributed by atoms with Crippen LogP contribution in [0, 0.1) is 0 Å². The first kappa shape index (κ1) is 18.4. The highest BCUT2D eigenvalue weighted by Gasteiger charge is 2.33. The first-order chi connectivity index (χ1) is 10.9. The predicted molar refractivity (Wildman–Crippen MR) is 90.4 cm³/mol. The third-order valence-corrected chi connectivity index (χ3v) is 6.33. The van der Waals surface area contributed by atoms with Gasteiger partial charge in [-0.15, -0.1) is 0 Å². The van der Waals surface area contributed by atoms with Gasteiger partial charge in [-0.05, 0) is 25.7 Å². The van der Waals surface area contributed by atoms with Gasteiger partial charge in [-0.3, -0.25) is 4.99 Å². The second-order valence-corrected chi connectivity index (χ2v) is 8.39. The molecule has 2 atom stereocenters. The van der Waals surface area contributed by atoms with Crippen LogP contribution < -0.4 is 11.1 Å². The summed E-state index contributed by atoms with van der Waals surface area (Å²) < 4.78 is 33.1. The number of nitrogens with one attached hydrogen (secondary N) is 1. The molecule has 2 unspecified atom stereocenters. The molecular formula is C14H29N5O3S. The maximum Gasteiger partial charge on any atom is 0.281 e. The molecule has 0 aromatic rings. The normalized spacial score (nSPS) is 27.5. The van der Waals surface area contributed by atoms with Gasteiger partial charge in [0.2, 0.25) is 0 Å². The Bertz CT molecular complexity index is 503. The maximum absolute atomic E-state index is 12.4. The molecule has 0 saturated carbocycles. The number of nitrogens with two attached hydrogens (primary N) is 1. The minimum absolute atomic E-state index is 0.126. The standard InChI is InChI=1S/C14H29N5O3S/c1-18(2)23(20,21)19-8-4-3-6-12(19)10-16-14(15)17-11-13-7-5-9-22-13/h12-13H,3-11H2,1-2H3,(H3,15,16,17). The molecule has 0 amide bonds. The van der Waals surface area contributed by atoms with Crippen LogP contribution in [-0.4, -0.2) is 75.5 Å². The summed E-state index contributed by atoms with van der Waals surface area (Å²) in [6, 6.07) is -0.126. The topological polar surface area (TPSA) is 100 Å². The van der Waals surface area contributed by atoms with Gasteiger partial charge in [-0.1, -0.05) is 6.42 Å². The number of nitrogens with zero attached hydrogens (tertiary/aromatic N) is 3. The summed E-state index contributed by atoms with van der Waals surface area (Å²) >= 11 is 0. The molecule has 2 aliphatic heterocycles. The molecular weight excluding hydrogens is 318 g/mol. The van der Waals surface area contributed by atoms with Gasteiger partial charge < -0.3 is 15.8 Å². The zero-order valence-corrected chi connectivity index (χ0v) is 14.9. The Morgan fingerprint density at radius 1 is 1.35 bits per heavy atom. The van der Waals surface area contributed by atoms with E-state index in [0.717, 1.165) is 38.7 Å². The van der Waals surface area contributed by atoms with E-state index in [4.69, 9.17) is 10.5 Å². The number of hydrogen-bond acceptors (Lipinski definition) is 4. The van der Waals surface area contributed by atoms with E-state index >= 15 is 0 Å². The monoisotopic (exact) mass is 347 g/mol. The first-order valence-electron chi connectivity index (χ1n) is 8.26. The SMILES string of the molecule is CN(C)S(=O)(=O)N1CCCCC1CN=C(N)NCC1CCCO1. The van der Waals surface area contributed by atoms with Crippen molar-refractivity contribution in [2.24, 2.45) is 10.7 Å². The van der Waals surface area contributed by atoms with Crippen molar-refractivity contribution in [3.8, 4) is 0 Å². The van der Waals surface area contributed by atoms with Crippen LogP contribution in [0.1, 0.15) is 32.1 Å². The van der Waals surface area contributed by atoms with Gasteiger partial charge in [0.25, 0.3) is 10.2 Å². The molecule has 0 aromatic carbocycles. The summed E-state index contributed by atoms with van der Waals surface area (Å²) in [5, 5.41) is 3.06. The van der Waals surface area contributed by atoms with Gasteiger partial charge in [0.15, 0.2) is 5.96 Å². The van der Waals surface area contributed by atoms with Crippen molar-refractivity contribution in [3.05, 3.63) is 0 Å². The predicted octanol–water partition coefficient (Wildman–Crippen LogP) is -0.269. The zero-order valence-electron chi connectivity index (χ0n) is 14.1. The smallest absolute Gasteiger partial charge is 0.281 e. The van der Waals surface area contributed by atoms with Crippen molar-refractivity contribution in [1.82, 2.24) is 13.9 Å². The molecule has 0 aliphatic carbocycles. The quantitative estimate of drug-likeness (QED) is 0.509. The van der Waals surface area contributed by atoms with Crippen molar-refractivity contribution in [2.45, 2.75) is 44.2 Å². The molecule has 8 nitrogen and oxygen atoms in total. The number of hydrogen-bond donors (Lipinski definition) is 2. The van der Waals surface area contributed by atoms with Crippen LogP contribution in [-0.2, 0) is 14.9 Å². The van der Waals surface area contributed by atoms with Crippen LogP contribution in [0.3, 0.4) is 0 Å². The molecule has 3 N–H and O–H groups in total. The Labute approximate surface area is 139 Å². The van der Waals surface area contributed by atoms with Gasteiger partial charge in [-0.2, -0.15) is 17.0 Å². The van der Waals surface area contributed by atoms with E-state index in [1.807, 2.05) is 0 Å². The number of rotatable bonds is 6. The van der Waals surface area contributed by atoms with E-state index in [0.29, 0.717) is 25.6 Å². The number of guanidine groups is 1. The van der Waals surface area contributed by atoms with Crippen molar-refractivity contribution < 1.29 is 13.2 Å². The molecule has 9 heteroatoms. The van der Waals surface area contributed by atoms with Gasteiger partial charge in [0, 0.05) is 39.8 Å². The molecule has 0 radical (unpaired) electrons. The Morgan fingerprint density at radius 2 is 2.13 bits per heavy atom. The van der Waals surface area contributed by atoms with E-state index < -0.39 is 10.2 Å². The second-order valence-electron chi connectivity index (χ2n) is 6.29. The fraction of sp³-hybridized carbons (Fsp3) is 0.929. The second kappa shape index (κ2) is 8.27. The summed E-state index contributed by atoms with van der Waals surface area (Å²) in [6.45, 7) is 2.39. The van der Waals surface area contributed by atoms with E-state index in [-0.39, 0.29) is 12.1 Å². The molecule has 0 bridgehead atoms. The van der Waals surface area contributed by atoms with E-state index in [9.17, 15) is 8.42 Å². The lowest BCUT2D eigenvalue weighted by Crippen LogP contribution is -2.50. The van der Waals surface area contributed by atoms with Crippen LogP contribution in [0.5, 0.6) is 0 Å². The molecule has 2 heterocycles. The van der Waals surface area contributed by atoms with Gasteiger partial charge >= 0.3 is 0 Å². The number of ether oxygens (including phenoxy) is 1. The van der Waals surface area contributed by atoms with E-state index in [1.54, 1.807) is 18.4 Å².